The van der Waals surface area contributed by atoms with Crippen LogP contribution < -0.4 is 5.32 Å². The van der Waals surface area contributed by atoms with Gasteiger partial charge in [-0.1, -0.05) is 6.92 Å². The quantitative estimate of drug-likeness (QED) is 0.683. The number of aromatic carboxylic acids is 1. The van der Waals surface area contributed by atoms with Gasteiger partial charge in [-0.25, -0.2) is 4.79 Å². The molecule has 0 bridgehead atoms. The van der Waals surface area contributed by atoms with E-state index in [1.54, 1.807) is 13.0 Å². The summed E-state index contributed by atoms with van der Waals surface area (Å²) >= 11 is 3.94. The molecule has 2 N–H and O–H groups in total. The molecule has 0 fully saturated rings. The predicted octanol–water partition coefficient (Wildman–Crippen LogP) is 3.25. The summed E-state index contributed by atoms with van der Waals surface area (Å²) in [7, 11) is 0. The third-order valence-electron chi connectivity index (χ3n) is 2.21. The molecule has 0 unspecified atom stereocenters. The van der Waals surface area contributed by atoms with Crippen LogP contribution in [0.1, 0.15) is 29.3 Å². The van der Waals surface area contributed by atoms with E-state index in [2.05, 4.69) is 5.32 Å². The lowest BCUT2D eigenvalue weighted by Gasteiger charge is -2.13. The number of aryl methyl sites for hydroxylation is 1. The van der Waals surface area contributed by atoms with Crippen molar-refractivity contribution in [2.75, 3.05) is 5.32 Å². The predicted molar refractivity (Wildman–Crippen MR) is 82.5 cm³/mol. The van der Waals surface area contributed by atoms with Gasteiger partial charge < -0.3 is 10.4 Å². The number of carbonyl (C=O) groups is 2. The second-order valence-electron chi connectivity index (χ2n) is 3.45. The molecule has 4 nitrogen and oxygen atoms in total. The summed E-state index contributed by atoms with van der Waals surface area (Å²) in [6.07, 6.45) is 0.365. The first-order valence-electron chi connectivity index (χ1n) is 4.90. The van der Waals surface area contributed by atoms with Crippen molar-refractivity contribution in [3.63, 3.8) is 0 Å². The summed E-state index contributed by atoms with van der Waals surface area (Å²) in [4.78, 5) is 22.5. The topological polar surface area (TPSA) is 66.4 Å². The number of nitrogens with one attached hydrogen (secondary N) is 1. The van der Waals surface area contributed by atoms with Crippen molar-refractivity contribution in [2.45, 2.75) is 20.3 Å². The van der Waals surface area contributed by atoms with Crippen molar-refractivity contribution in [3.8, 4) is 0 Å². The Bertz CT molecular complexity index is 486. The molecular formula is C11H11I2NO3. The van der Waals surface area contributed by atoms with Crippen molar-refractivity contribution in [3.05, 3.63) is 24.3 Å². The minimum atomic E-state index is -0.981. The Labute approximate surface area is 126 Å². The summed E-state index contributed by atoms with van der Waals surface area (Å²) in [5, 5.41) is 11.9. The molecule has 1 aromatic carbocycles. The van der Waals surface area contributed by atoms with Crippen molar-refractivity contribution < 1.29 is 14.7 Å². The maximum atomic E-state index is 11.4. The maximum absolute atomic E-state index is 11.4. The fraction of sp³-hybridized carbons (Fsp3) is 0.273. The number of amides is 1. The number of anilines is 1. The molecule has 92 valence electrons. The van der Waals surface area contributed by atoms with Gasteiger partial charge in [0.15, 0.2) is 0 Å². The lowest BCUT2D eigenvalue weighted by Crippen LogP contribution is -2.15. The molecule has 6 heteroatoms. The molecule has 1 amide bonds. The average molecular weight is 459 g/mol. The Hall–Kier alpha value is -0.380. The molecule has 0 radical (unpaired) electrons. The van der Waals surface area contributed by atoms with Gasteiger partial charge in [0.05, 0.1) is 14.8 Å². The van der Waals surface area contributed by atoms with Gasteiger partial charge >= 0.3 is 5.97 Å². The zero-order chi connectivity index (χ0) is 13.2. The van der Waals surface area contributed by atoms with Crippen LogP contribution in [0.4, 0.5) is 5.69 Å². The number of carboxylic acids is 1. The number of hydrogen-bond donors (Lipinski definition) is 2. The molecule has 0 heterocycles. The minimum Gasteiger partial charge on any atom is -0.478 e. The lowest BCUT2D eigenvalue weighted by atomic mass is 10.1. The molecule has 1 rings (SSSR count). The molecule has 0 aliphatic carbocycles. The first-order valence-corrected chi connectivity index (χ1v) is 7.06. The van der Waals surface area contributed by atoms with Crippen LogP contribution in [-0.4, -0.2) is 17.0 Å². The van der Waals surface area contributed by atoms with Crippen LogP contribution in [0, 0.1) is 14.1 Å². The van der Waals surface area contributed by atoms with Crippen molar-refractivity contribution >= 4 is 62.7 Å². The third kappa shape index (κ3) is 3.30. The van der Waals surface area contributed by atoms with E-state index < -0.39 is 5.97 Å². The van der Waals surface area contributed by atoms with Gasteiger partial charge in [-0.3, -0.25) is 4.79 Å². The number of carbonyl (C=O) groups excluding carboxylic acids is 1. The molecule has 0 atom stereocenters. The zero-order valence-corrected chi connectivity index (χ0v) is 13.6. The average Bonchev–Trinajstić information content (AvgIpc) is 2.22. The van der Waals surface area contributed by atoms with Gasteiger partial charge in [-0.15, -0.1) is 0 Å². The van der Waals surface area contributed by atoms with E-state index in [1.807, 2.05) is 52.1 Å². The first kappa shape index (κ1) is 14.7. The normalized spacial score (nSPS) is 10.1. The smallest absolute Gasteiger partial charge is 0.337 e. The van der Waals surface area contributed by atoms with Crippen LogP contribution in [-0.2, 0) is 4.79 Å². The van der Waals surface area contributed by atoms with Gasteiger partial charge in [-0.2, -0.15) is 0 Å². The van der Waals surface area contributed by atoms with E-state index in [0.717, 1.165) is 5.56 Å². The number of rotatable bonds is 3. The van der Waals surface area contributed by atoms with Crippen LogP contribution in [0.15, 0.2) is 6.07 Å². The molecule has 1 aromatic rings. The Balaban J connectivity index is 3.35. The highest BCUT2D eigenvalue weighted by molar-refractivity contribution is 14.1. The summed E-state index contributed by atoms with van der Waals surface area (Å²) in [5.74, 6) is -1.10. The van der Waals surface area contributed by atoms with Crippen LogP contribution in [0.25, 0.3) is 0 Å². The Morgan fingerprint density at radius 3 is 2.47 bits per heavy atom. The number of halogens is 2. The maximum Gasteiger partial charge on any atom is 0.337 e. The summed E-state index contributed by atoms with van der Waals surface area (Å²) in [6.45, 7) is 3.60. The van der Waals surface area contributed by atoms with Gasteiger partial charge in [0.2, 0.25) is 5.91 Å². The van der Waals surface area contributed by atoms with E-state index in [-0.39, 0.29) is 11.5 Å². The lowest BCUT2D eigenvalue weighted by molar-refractivity contribution is -0.115. The third-order valence-corrected chi connectivity index (χ3v) is 4.14. The SMILES string of the molecule is CCC(=O)Nc1c(C)cc(I)c(C(=O)O)c1I. The van der Waals surface area contributed by atoms with Crippen LogP contribution in [0.5, 0.6) is 0 Å². The van der Waals surface area contributed by atoms with E-state index in [4.69, 9.17) is 5.11 Å². The fourth-order valence-electron chi connectivity index (χ4n) is 1.31. The fourth-order valence-corrected chi connectivity index (χ4v) is 3.88. The zero-order valence-electron chi connectivity index (χ0n) is 9.30. The summed E-state index contributed by atoms with van der Waals surface area (Å²) in [5.41, 5.74) is 1.70. The molecule has 0 aliphatic rings. The number of benzene rings is 1. The summed E-state index contributed by atoms with van der Waals surface area (Å²) in [6, 6.07) is 1.76. The largest absolute Gasteiger partial charge is 0.478 e. The van der Waals surface area contributed by atoms with E-state index in [9.17, 15) is 9.59 Å². The highest BCUT2D eigenvalue weighted by Gasteiger charge is 2.19. The molecule has 0 saturated heterocycles. The van der Waals surface area contributed by atoms with Crippen LogP contribution in [0.2, 0.25) is 0 Å². The van der Waals surface area contributed by atoms with E-state index in [1.165, 1.54) is 0 Å². The summed E-state index contributed by atoms with van der Waals surface area (Å²) < 4.78 is 1.24. The monoisotopic (exact) mass is 459 g/mol. The molecule has 0 saturated carbocycles. The van der Waals surface area contributed by atoms with Gasteiger partial charge in [0.25, 0.3) is 0 Å². The number of carboxylic acid groups (broad SMARTS) is 1. The first-order chi connectivity index (χ1) is 7.88. The molecule has 0 spiro atoms. The highest BCUT2D eigenvalue weighted by atomic mass is 127. The van der Waals surface area contributed by atoms with Gasteiger partial charge in [0, 0.05) is 9.99 Å². The minimum absolute atomic E-state index is 0.122. The van der Waals surface area contributed by atoms with E-state index >= 15 is 0 Å². The Kier molecular flexibility index (Phi) is 5.17. The van der Waals surface area contributed by atoms with Gasteiger partial charge in [-0.05, 0) is 63.7 Å². The van der Waals surface area contributed by atoms with Crippen molar-refractivity contribution in [1.29, 1.82) is 0 Å². The van der Waals surface area contributed by atoms with Crippen molar-refractivity contribution in [2.24, 2.45) is 0 Å². The van der Waals surface area contributed by atoms with E-state index in [0.29, 0.717) is 19.2 Å². The molecule has 0 aliphatic heterocycles. The van der Waals surface area contributed by atoms with Crippen LogP contribution in [0.3, 0.4) is 0 Å². The second-order valence-corrected chi connectivity index (χ2v) is 5.69. The Morgan fingerprint density at radius 2 is 2.00 bits per heavy atom. The molecule has 0 aromatic heterocycles. The van der Waals surface area contributed by atoms with Gasteiger partial charge in [0.1, 0.15) is 0 Å². The highest BCUT2D eigenvalue weighted by Crippen LogP contribution is 2.30. The second kappa shape index (κ2) is 5.98. The Morgan fingerprint density at radius 1 is 1.41 bits per heavy atom. The van der Waals surface area contributed by atoms with Crippen molar-refractivity contribution in [1.82, 2.24) is 0 Å². The number of hydrogen-bond acceptors (Lipinski definition) is 2. The standard InChI is InChI=1S/C11H11I2NO3/c1-3-7(15)14-10-5(2)4-6(12)8(9(10)13)11(16)17/h4H,3H2,1-2H3,(H,14,15)(H,16,17). The molecule has 17 heavy (non-hydrogen) atoms. The molecular weight excluding hydrogens is 448 g/mol. The van der Waals surface area contributed by atoms with Crippen LogP contribution >= 0.6 is 45.2 Å².